The van der Waals surface area contributed by atoms with Crippen molar-refractivity contribution in [3.63, 3.8) is 0 Å². The van der Waals surface area contributed by atoms with Crippen LogP contribution in [-0.4, -0.2) is 210 Å². The van der Waals surface area contributed by atoms with Gasteiger partial charge in [-0.1, -0.05) is 20.3 Å². The number of carbonyl (C=O) groups is 11. The molecule has 0 aliphatic carbocycles. The van der Waals surface area contributed by atoms with Crippen molar-refractivity contribution in [3.8, 4) is 0 Å². The van der Waals surface area contributed by atoms with Gasteiger partial charge in [0, 0.05) is 76.3 Å². The van der Waals surface area contributed by atoms with Gasteiger partial charge < -0.3 is 84.4 Å². The molecule has 0 spiro atoms. The summed E-state index contributed by atoms with van der Waals surface area (Å²) in [5, 5.41) is 16.3. The Balaban J connectivity index is 1.13. The first kappa shape index (κ1) is 66.0. The topological polar surface area (TPSA) is 447 Å². The molecule has 16 N–H and O–H groups in total. The number of likely N-dealkylation sites (tertiary alicyclic amines) is 4. The number of hydrogen-bond donors (Lipinski definition) is 12. The summed E-state index contributed by atoms with van der Waals surface area (Å²) in [5.41, 5.74) is 23.2. The second-order valence-corrected chi connectivity index (χ2v) is 22.5. The molecular formula is C55H87N19O11. The van der Waals surface area contributed by atoms with Gasteiger partial charge in [-0.2, -0.15) is 0 Å². The number of carbonyl (C=O) groups excluding carboxylic acids is 11. The van der Waals surface area contributed by atoms with Gasteiger partial charge in [-0.05, 0) is 103 Å². The molecule has 2 aromatic heterocycles. The van der Waals surface area contributed by atoms with Crippen molar-refractivity contribution in [2.75, 3.05) is 39.3 Å². The Hall–Kier alpha value is -8.18. The maximum absolute atomic E-state index is 14.8. The van der Waals surface area contributed by atoms with Crippen molar-refractivity contribution in [1.82, 2.24) is 71.4 Å². The maximum Gasteiger partial charge on any atom is 0.246 e. The molecule has 30 nitrogen and oxygen atoms in total. The third-order valence-electron chi connectivity index (χ3n) is 16.4. The molecule has 85 heavy (non-hydrogen) atoms. The summed E-state index contributed by atoms with van der Waals surface area (Å²) >= 11 is 0. The Morgan fingerprint density at radius 3 is 1.62 bits per heavy atom. The number of H-pyrrole nitrogens is 2. The van der Waals surface area contributed by atoms with E-state index in [1.54, 1.807) is 16.7 Å². The summed E-state index contributed by atoms with van der Waals surface area (Å²) in [6, 6.07) is -10.9. The molecule has 1 unspecified atom stereocenters. The fourth-order valence-corrected chi connectivity index (χ4v) is 11.5. The predicted octanol–water partition coefficient (Wildman–Crippen LogP) is -3.46. The van der Waals surface area contributed by atoms with E-state index in [1.807, 2.05) is 6.92 Å². The van der Waals surface area contributed by atoms with Crippen LogP contribution in [0.5, 0.6) is 0 Å². The van der Waals surface area contributed by atoms with Gasteiger partial charge in [0.2, 0.25) is 65.0 Å². The number of nitrogens with one attached hydrogen (secondary N) is 8. The average molecular weight is 1190 g/mol. The largest absolute Gasteiger partial charge is 0.370 e. The van der Waals surface area contributed by atoms with Crippen LogP contribution >= 0.6 is 0 Å². The van der Waals surface area contributed by atoms with Crippen molar-refractivity contribution >= 4 is 70.9 Å². The van der Waals surface area contributed by atoms with Crippen molar-refractivity contribution < 1.29 is 52.7 Å². The van der Waals surface area contributed by atoms with E-state index in [-0.39, 0.29) is 81.8 Å². The number of amides is 11. The lowest BCUT2D eigenvalue weighted by Gasteiger charge is -2.34. The van der Waals surface area contributed by atoms with E-state index < -0.39 is 114 Å². The summed E-state index contributed by atoms with van der Waals surface area (Å²) in [4.78, 5) is 176. The van der Waals surface area contributed by atoms with E-state index in [2.05, 4.69) is 56.8 Å². The Kier molecular flexibility index (Phi) is 24.6. The molecule has 0 saturated carbocycles. The highest BCUT2D eigenvalue weighted by Gasteiger charge is 2.47. The first-order valence-corrected chi connectivity index (χ1v) is 29.6. The smallest absolute Gasteiger partial charge is 0.246 e. The molecule has 468 valence electrons. The van der Waals surface area contributed by atoms with Gasteiger partial charge in [0.15, 0.2) is 5.96 Å². The van der Waals surface area contributed by atoms with Crippen molar-refractivity contribution in [1.29, 1.82) is 0 Å². The Morgan fingerprint density at radius 2 is 1.08 bits per heavy atom. The molecule has 30 heteroatoms. The molecule has 0 radical (unpaired) electrons. The third-order valence-corrected chi connectivity index (χ3v) is 16.4. The van der Waals surface area contributed by atoms with E-state index in [4.69, 9.17) is 22.9 Å². The highest BCUT2D eigenvalue weighted by Crippen LogP contribution is 2.29. The number of aromatic amines is 2. The Morgan fingerprint density at radius 1 is 0.588 bits per heavy atom. The number of rotatable bonds is 30. The SMILES string of the molecule is CC[C@H](C)[C@H](NC(=O)[C@H](CCCN=C(N)N)NC(=O)[C@H](C)NC(=O)[C@H](Cc1cnc[nH]1)NC(=O)[C@@H]1CCCN1C(=O)[C@H](Cc1cnc[nH]1)NC(=O)[C@@H]1CCCN1C(=O)[C@@H]1CCCN1C(=O)C1CCCN1C(C)=O)C(=O)N[C@@H](CCCCN)C(N)=O. The minimum absolute atomic E-state index is 0.0141. The number of primary amides is 1. The summed E-state index contributed by atoms with van der Waals surface area (Å²) in [6.45, 7) is 7.98. The molecule has 4 fully saturated rings. The number of nitrogens with two attached hydrogens (primary N) is 4. The first-order chi connectivity index (χ1) is 40.6. The highest BCUT2D eigenvalue weighted by molar-refractivity contribution is 5.99. The normalized spacial score (nSPS) is 20.9. The second kappa shape index (κ2) is 31.6. The van der Waals surface area contributed by atoms with Crippen molar-refractivity contribution in [2.45, 2.75) is 191 Å². The molecule has 0 aromatic carbocycles. The summed E-state index contributed by atoms with van der Waals surface area (Å²) in [6.07, 6.45) is 11.1. The highest BCUT2D eigenvalue weighted by atomic mass is 16.2. The number of unbranched alkanes of at least 4 members (excludes halogenated alkanes) is 1. The Labute approximate surface area is 494 Å². The van der Waals surface area contributed by atoms with Gasteiger partial charge in [0.05, 0.1) is 12.7 Å². The maximum atomic E-state index is 14.8. The van der Waals surface area contributed by atoms with Crippen LogP contribution in [0.1, 0.15) is 129 Å². The zero-order chi connectivity index (χ0) is 61.9. The number of guanidine groups is 1. The zero-order valence-electron chi connectivity index (χ0n) is 49.1. The molecule has 6 heterocycles. The molecule has 11 atom stereocenters. The molecular weight excluding hydrogens is 1100 g/mol. The van der Waals surface area contributed by atoms with Gasteiger partial charge in [-0.15, -0.1) is 0 Å². The summed E-state index contributed by atoms with van der Waals surface area (Å²) in [5.74, 6) is -7.16. The minimum Gasteiger partial charge on any atom is -0.370 e. The van der Waals surface area contributed by atoms with Gasteiger partial charge in [-0.25, -0.2) is 9.97 Å². The average Bonchev–Trinajstić information content (AvgIpc) is 4.04. The number of hydrogen-bond acceptors (Lipinski definition) is 15. The van der Waals surface area contributed by atoms with Crippen LogP contribution in [0, 0.1) is 5.92 Å². The van der Waals surface area contributed by atoms with E-state index in [0.29, 0.717) is 95.2 Å². The van der Waals surface area contributed by atoms with Crippen LogP contribution in [0.25, 0.3) is 0 Å². The summed E-state index contributed by atoms with van der Waals surface area (Å²) < 4.78 is 0. The quantitative estimate of drug-likeness (QED) is 0.0206. The van der Waals surface area contributed by atoms with E-state index in [0.717, 1.165) is 0 Å². The van der Waals surface area contributed by atoms with Crippen LogP contribution < -0.4 is 54.8 Å². The molecule has 4 aliphatic rings. The van der Waals surface area contributed by atoms with Crippen LogP contribution in [0.4, 0.5) is 0 Å². The zero-order valence-corrected chi connectivity index (χ0v) is 49.1. The summed E-state index contributed by atoms with van der Waals surface area (Å²) in [7, 11) is 0. The third kappa shape index (κ3) is 17.9. The van der Waals surface area contributed by atoms with Gasteiger partial charge in [0.25, 0.3) is 0 Å². The first-order valence-electron chi connectivity index (χ1n) is 29.6. The minimum atomic E-state index is -1.35. The molecule has 2 aromatic rings. The van der Waals surface area contributed by atoms with Gasteiger partial charge in [0.1, 0.15) is 60.4 Å². The van der Waals surface area contributed by atoms with Crippen LogP contribution in [0.15, 0.2) is 30.0 Å². The van der Waals surface area contributed by atoms with Crippen molar-refractivity contribution in [2.24, 2.45) is 33.8 Å². The number of aromatic nitrogens is 4. The lowest BCUT2D eigenvalue weighted by atomic mass is 9.96. The monoisotopic (exact) mass is 1190 g/mol. The standard InChI is InChI=1S/C55H87N19O11/c1-5-31(2)44(51(82)66-36(45(57)76)13-6-7-19-56)70-47(78)37(14-8-20-62-55(58)59)67-46(77)32(3)65-48(79)38(25-34-27-60-29-63-34)68-49(80)40-15-9-22-72(40)52(83)39(26-35-28-61-30-64-35)69-50(81)41-16-10-23-73(41)54(85)43-18-12-24-74(43)53(84)42-17-11-21-71(42)33(4)75/h27-32,36-44H,5-26,56H2,1-4H3,(H2,57,76)(H,60,63)(H,61,64)(H,65,79)(H,66,82)(H,67,77)(H,68,80)(H,69,81)(H,70,78)(H4,58,59,62)/t31-,32-,36-,37-,38-,39-,40-,41-,42?,43-,44-/m0/s1. The number of aliphatic imine (C=N–C) groups is 1. The van der Waals surface area contributed by atoms with E-state index >= 15 is 0 Å². The predicted molar refractivity (Wildman–Crippen MR) is 308 cm³/mol. The Bertz CT molecular complexity index is 2690. The number of nitrogens with zero attached hydrogens (tertiary/aromatic N) is 7. The lowest BCUT2D eigenvalue weighted by Crippen LogP contribution is -2.60. The molecule has 11 amide bonds. The van der Waals surface area contributed by atoms with Crippen molar-refractivity contribution in [3.05, 3.63) is 36.4 Å². The van der Waals surface area contributed by atoms with Crippen LogP contribution in [-0.2, 0) is 65.6 Å². The lowest BCUT2D eigenvalue weighted by molar-refractivity contribution is -0.150. The second-order valence-electron chi connectivity index (χ2n) is 22.5. The fraction of sp³-hybridized carbons (Fsp3) is 0.673. The molecule has 6 rings (SSSR count). The molecule has 4 saturated heterocycles. The molecule has 0 bridgehead atoms. The van der Waals surface area contributed by atoms with E-state index in [1.165, 1.54) is 48.7 Å². The fourth-order valence-electron chi connectivity index (χ4n) is 11.5. The van der Waals surface area contributed by atoms with Gasteiger partial charge >= 0.3 is 0 Å². The molecule has 4 aliphatic heterocycles. The van der Waals surface area contributed by atoms with Crippen LogP contribution in [0.3, 0.4) is 0 Å². The van der Waals surface area contributed by atoms with E-state index in [9.17, 15) is 52.7 Å². The number of imidazole rings is 2. The van der Waals surface area contributed by atoms with Crippen LogP contribution in [0.2, 0.25) is 0 Å². The van der Waals surface area contributed by atoms with Gasteiger partial charge in [-0.3, -0.25) is 57.7 Å².